The highest BCUT2D eigenvalue weighted by Crippen LogP contribution is 2.28. The van der Waals surface area contributed by atoms with Crippen LogP contribution in [0.4, 0.5) is 0 Å². The zero-order valence-corrected chi connectivity index (χ0v) is 11.2. The summed E-state index contributed by atoms with van der Waals surface area (Å²) in [6.07, 6.45) is 2.00. The van der Waals surface area contributed by atoms with E-state index in [9.17, 15) is 0 Å². The Hall–Kier alpha value is -0.0800. The van der Waals surface area contributed by atoms with Crippen molar-refractivity contribution in [2.24, 2.45) is 5.92 Å². The van der Waals surface area contributed by atoms with E-state index in [0.29, 0.717) is 24.3 Å². The van der Waals surface area contributed by atoms with Gasteiger partial charge < -0.3 is 4.74 Å². The first-order valence-electron chi connectivity index (χ1n) is 6.33. The average Bonchev–Trinajstić information content (AvgIpc) is 2.46. The van der Waals surface area contributed by atoms with Crippen molar-refractivity contribution in [1.82, 2.24) is 4.90 Å². The molecule has 0 amide bonds. The lowest BCUT2D eigenvalue weighted by molar-refractivity contribution is 0.0124. The van der Waals surface area contributed by atoms with Crippen LogP contribution in [0.25, 0.3) is 0 Å². The molecule has 2 unspecified atom stereocenters. The summed E-state index contributed by atoms with van der Waals surface area (Å²) in [4.78, 5) is 2.59. The van der Waals surface area contributed by atoms with Crippen molar-refractivity contribution in [3.8, 4) is 0 Å². The summed E-state index contributed by atoms with van der Waals surface area (Å²) in [5.74, 6) is 0.730. The standard InChI is InChI=1S/C13H27NO/c1-9(2)13-7-12(15-11(5)6)8-14(13)10(3)4/h9-13H,7-8H2,1-6H3. The lowest BCUT2D eigenvalue weighted by atomic mass is 10.0. The van der Waals surface area contributed by atoms with Crippen LogP contribution in [-0.4, -0.2) is 35.7 Å². The fourth-order valence-electron chi connectivity index (χ4n) is 2.58. The molecular weight excluding hydrogens is 186 g/mol. The summed E-state index contributed by atoms with van der Waals surface area (Å²) in [6, 6.07) is 1.34. The third kappa shape index (κ3) is 3.46. The molecule has 0 aromatic heterocycles. The monoisotopic (exact) mass is 213 g/mol. The van der Waals surface area contributed by atoms with Crippen molar-refractivity contribution in [1.29, 1.82) is 0 Å². The van der Waals surface area contributed by atoms with Crippen molar-refractivity contribution >= 4 is 0 Å². The molecule has 2 nitrogen and oxygen atoms in total. The second-order valence-corrected chi connectivity index (χ2v) is 5.64. The minimum atomic E-state index is 0.356. The van der Waals surface area contributed by atoms with Gasteiger partial charge in [-0.15, -0.1) is 0 Å². The first kappa shape index (κ1) is 13.0. The highest BCUT2D eigenvalue weighted by molar-refractivity contribution is 4.89. The number of hydrogen-bond donors (Lipinski definition) is 0. The molecule has 0 spiro atoms. The molecule has 1 heterocycles. The number of likely N-dealkylation sites (tertiary alicyclic amines) is 1. The molecule has 0 aromatic carbocycles. The van der Waals surface area contributed by atoms with E-state index in [2.05, 4.69) is 46.4 Å². The Morgan fingerprint density at radius 1 is 1.07 bits per heavy atom. The van der Waals surface area contributed by atoms with E-state index in [0.717, 1.165) is 12.5 Å². The van der Waals surface area contributed by atoms with Crippen LogP contribution in [0, 0.1) is 5.92 Å². The molecule has 1 rings (SSSR count). The zero-order chi connectivity index (χ0) is 11.6. The van der Waals surface area contributed by atoms with Crippen LogP contribution in [0.15, 0.2) is 0 Å². The maximum atomic E-state index is 5.93. The predicted octanol–water partition coefficient (Wildman–Crippen LogP) is 2.92. The van der Waals surface area contributed by atoms with E-state index < -0.39 is 0 Å². The van der Waals surface area contributed by atoms with Gasteiger partial charge in [-0.2, -0.15) is 0 Å². The molecule has 90 valence electrons. The topological polar surface area (TPSA) is 12.5 Å². The maximum absolute atomic E-state index is 5.93. The van der Waals surface area contributed by atoms with Gasteiger partial charge in [0.05, 0.1) is 12.2 Å². The van der Waals surface area contributed by atoms with Gasteiger partial charge in [0, 0.05) is 18.6 Å². The fraction of sp³-hybridized carbons (Fsp3) is 1.00. The molecule has 0 aliphatic carbocycles. The number of ether oxygens (including phenoxy) is 1. The highest BCUT2D eigenvalue weighted by atomic mass is 16.5. The Balaban J connectivity index is 2.57. The van der Waals surface area contributed by atoms with E-state index in [-0.39, 0.29) is 0 Å². The van der Waals surface area contributed by atoms with Gasteiger partial charge in [-0.1, -0.05) is 13.8 Å². The summed E-state index contributed by atoms with van der Waals surface area (Å²) in [5, 5.41) is 0. The third-order valence-corrected chi connectivity index (χ3v) is 3.24. The normalized spacial score (nSPS) is 28.6. The molecule has 1 aliphatic rings. The average molecular weight is 213 g/mol. The van der Waals surface area contributed by atoms with Gasteiger partial charge >= 0.3 is 0 Å². The summed E-state index contributed by atoms with van der Waals surface area (Å²) in [6.45, 7) is 14.6. The molecular formula is C13H27NO. The number of rotatable bonds is 4. The van der Waals surface area contributed by atoms with E-state index in [1.165, 1.54) is 6.42 Å². The lowest BCUT2D eigenvalue weighted by Gasteiger charge is -2.30. The Morgan fingerprint density at radius 3 is 2.00 bits per heavy atom. The minimum absolute atomic E-state index is 0.356. The van der Waals surface area contributed by atoms with Crippen LogP contribution in [0.5, 0.6) is 0 Å². The number of nitrogens with zero attached hydrogens (tertiary/aromatic N) is 1. The van der Waals surface area contributed by atoms with Crippen molar-refractivity contribution in [2.45, 2.75) is 72.3 Å². The van der Waals surface area contributed by atoms with Crippen LogP contribution in [0.1, 0.15) is 48.0 Å². The SMILES string of the molecule is CC(C)OC1CC(C(C)C)N(C(C)C)C1. The van der Waals surface area contributed by atoms with E-state index >= 15 is 0 Å². The van der Waals surface area contributed by atoms with Gasteiger partial charge in [-0.05, 0) is 40.0 Å². The summed E-state index contributed by atoms with van der Waals surface area (Å²) in [7, 11) is 0. The Labute approximate surface area is 95.0 Å². The number of hydrogen-bond acceptors (Lipinski definition) is 2. The molecule has 0 aromatic rings. The van der Waals surface area contributed by atoms with Gasteiger partial charge in [-0.3, -0.25) is 4.90 Å². The lowest BCUT2D eigenvalue weighted by Crippen LogP contribution is -2.38. The predicted molar refractivity (Wildman–Crippen MR) is 65.1 cm³/mol. The van der Waals surface area contributed by atoms with Gasteiger partial charge in [0.1, 0.15) is 0 Å². The molecule has 0 bridgehead atoms. The van der Waals surface area contributed by atoms with Crippen LogP contribution in [0.3, 0.4) is 0 Å². The molecule has 15 heavy (non-hydrogen) atoms. The van der Waals surface area contributed by atoms with Gasteiger partial charge in [0.25, 0.3) is 0 Å². The van der Waals surface area contributed by atoms with Crippen molar-refractivity contribution in [2.75, 3.05) is 6.54 Å². The fourth-order valence-corrected chi connectivity index (χ4v) is 2.58. The largest absolute Gasteiger partial charge is 0.374 e. The summed E-state index contributed by atoms with van der Waals surface area (Å²) in [5.41, 5.74) is 0. The Kier molecular flexibility index (Phi) is 4.60. The second kappa shape index (κ2) is 5.31. The molecule has 0 N–H and O–H groups in total. The van der Waals surface area contributed by atoms with Gasteiger partial charge in [0.15, 0.2) is 0 Å². The van der Waals surface area contributed by atoms with Crippen LogP contribution in [0.2, 0.25) is 0 Å². The molecule has 0 radical (unpaired) electrons. The smallest absolute Gasteiger partial charge is 0.0720 e. The highest BCUT2D eigenvalue weighted by Gasteiger charge is 2.35. The molecule has 1 saturated heterocycles. The third-order valence-electron chi connectivity index (χ3n) is 3.24. The van der Waals surface area contributed by atoms with Crippen LogP contribution >= 0.6 is 0 Å². The Morgan fingerprint density at radius 2 is 1.67 bits per heavy atom. The van der Waals surface area contributed by atoms with E-state index in [1.807, 2.05) is 0 Å². The molecule has 1 aliphatic heterocycles. The van der Waals surface area contributed by atoms with Gasteiger partial charge in [-0.25, -0.2) is 0 Å². The molecule has 2 heteroatoms. The molecule has 2 atom stereocenters. The molecule has 1 fully saturated rings. The second-order valence-electron chi connectivity index (χ2n) is 5.64. The summed E-state index contributed by atoms with van der Waals surface area (Å²) < 4.78 is 5.93. The van der Waals surface area contributed by atoms with Crippen molar-refractivity contribution in [3.63, 3.8) is 0 Å². The quantitative estimate of drug-likeness (QED) is 0.712. The van der Waals surface area contributed by atoms with Gasteiger partial charge in [0.2, 0.25) is 0 Å². The first-order valence-corrected chi connectivity index (χ1v) is 6.33. The van der Waals surface area contributed by atoms with Crippen LogP contribution in [-0.2, 0) is 4.74 Å². The maximum Gasteiger partial charge on any atom is 0.0720 e. The first-order chi connectivity index (χ1) is 6.91. The van der Waals surface area contributed by atoms with E-state index in [4.69, 9.17) is 4.74 Å². The molecule has 0 saturated carbocycles. The zero-order valence-electron chi connectivity index (χ0n) is 11.2. The summed E-state index contributed by atoms with van der Waals surface area (Å²) >= 11 is 0. The minimum Gasteiger partial charge on any atom is -0.374 e. The van der Waals surface area contributed by atoms with Crippen molar-refractivity contribution < 1.29 is 4.74 Å². The van der Waals surface area contributed by atoms with Crippen LogP contribution < -0.4 is 0 Å². The Bertz CT molecular complexity index is 173. The van der Waals surface area contributed by atoms with E-state index in [1.54, 1.807) is 0 Å². The van der Waals surface area contributed by atoms with Crippen molar-refractivity contribution in [3.05, 3.63) is 0 Å².